The second kappa shape index (κ2) is 7.93. The zero-order chi connectivity index (χ0) is 21.6. The monoisotopic (exact) mass is 477 g/mol. The molecular formula is C21H23N3O4S3. The van der Waals surface area contributed by atoms with Gasteiger partial charge < -0.3 is 0 Å². The molecule has 0 atom stereocenters. The van der Waals surface area contributed by atoms with Gasteiger partial charge in [-0.05, 0) is 56.0 Å². The lowest BCUT2D eigenvalue weighted by Gasteiger charge is -2.30. The zero-order valence-electron chi connectivity index (χ0n) is 16.8. The van der Waals surface area contributed by atoms with E-state index < -0.39 is 20.0 Å². The van der Waals surface area contributed by atoms with Crippen LogP contribution in [-0.4, -0.2) is 45.3 Å². The molecule has 2 fully saturated rings. The van der Waals surface area contributed by atoms with E-state index in [0.717, 1.165) is 28.1 Å². The van der Waals surface area contributed by atoms with E-state index in [1.807, 2.05) is 18.2 Å². The predicted octanol–water partition coefficient (Wildman–Crippen LogP) is 3.31. The zero-order valence-corrected chi connectivity index (χ0v) is 19.2. The van der Waals surface area contributed by atoms with Crippen LogP contribution in [0.3, 0.4) is 0 Å². The molecule has 5 rings (SSSR count). The summed E-state index contributed by atoms with van der Waals surface area (Å²) in [5, 5.41) is 1.05. The van der Waals surface area contributed by atoms with Crippen molar-refractivity contribution in [1.82, 2.24) is 14.0 Å². The number of nitrogens with one attached hydrogen (secondary N) is 1. The predicted molar refractivity (Wildman–Crippen MR) is 120 cm³/mol. The average Bonchev–Trinajstić information content (AvgIpc) is 3.47. The van der Waals surface area contributed by atoms with E-state index in [-0.39, 0.29) is 21.8 Å². The SMILES string of the molecule is O=S(=O)(NC1CC1)c1cccc(S(=O)(=O)N2CCC(c3nc4ccccc4s3)CC2)c1. The van der Waals surface area contributed by atoms with Crippen LogP contribution >= 0.6 is 11.3 Å². The molecule has 3 aromatic rings. The van der Waals surface area contributed by atoms with Crippen LogP contribution < -0.4 is 4.72 Å². The number of thiazole rings is 1. The van der Waals surface area contributed by atoms with Crippen molar-refractivity contribution in [3.05, 3.63) is 53.5 Å². The molecule has 0 amide bonds. The van der Waals surface area contributed by atoms with Crippen molar-refractivity contribution in [2.24, 2.45) is 0 Å². The molecule has 0 bridgehead atoms. The molecular weight excluding hydrogens is 454 g/mol. The van der Waals surface area contributed by atoms with Crippen LogP contribution in [0.5, 0.6) is 0 Å². The third kappa shape index (κ3) is 4.27. The highest BCUT2D eigenvalue weighted by Gasteiger charge is 2.33. The van der Waals surface area contributed by atoms with Crippen LogP contribution in [-0.2, 0) is 20.0 Å². The first-order valence-corrected chi connectivity index (χ1v) is 14.0. The number of fused-ring (bicyclic) bond motifs is 1. The number of sulfonamides is 2. The third-order valence-electron chi connectivity index (χ3n) is 5.77. The van der Waals surface area contributed by atoms with E-state index in [9.17, 15) is 16.8 Å². The van der Waals surface area contributed by atoms with Gasteiger partial charge in [0, 0.05) is 25.0 Å². The number of hydrogen-bond donors (Lipinski definition) is 1. The van der Waals surface area contributed by atoms with Crippen molar-refractivity contribution in [1.29, 1.82) is 0 Å². The van der Waals surface area contributed by atoms with Gasteiger partial charge >= 0.3 is 0 Å². The number of rotatable bonds is 6. The summed E-state index contributed by atoms with van der Waals surface area (Å²) in [5.74, 6) is 0.235. The van der Waals surface area contributed by atoms with Crippen molar-refractivity contribution in [2.45, 2.75) is 47.4 Å². The van der Waals surface area contributed by atoms with E-state index >= 15 is 0 Å². The molecule has 2 aliphatic rings. The standard InChI is InChI=1S/C21H23N3O4S3/c25-30(26,23-16-8-9-16)17-4-3-5-18(14-17)31(27,28)24-12-10-15(11-13-24)21-22-19-6-1-2-7-20(19)29-21/h1-7,14-16,23H,8-13H2. The second-order valence-corrected chi connectivity index (χ2v) is 12.8. The summed E-state index contributed by atoms with van der Waals surface area (Å²) in [6, 6.07) is 13.6. The molecule has 0 unspecified atom stereocenters. The van der Waals surface area contributed by atoms with E-state index in [1.165, 1.54) is 28.6 Å². The summed E-state index contributed by atoms with van der Waals surface area (Å²) < 4.78 is 56.5. The topological polar surface area (TPSA) is 96.4 Å². The number of benzene rings is 2. The number of hydrogen-bond acceptors (Lipinski definition) is 6. The van der Waals surface area contributed by atoms with Crippen LogP contribution in [0.1, 0.15) is 36.6 Å². The smallest absolute Gasteiger partial charge is 0.241 e. The number of piperidine rings is 1. The molecule has 7 nitrogen and oxygen atoms in total. The lowest BCUT2D eigenvalue weighted by molar-refractivity contribution is 0.319. The van der Waals surface area contributed by atoms with Gasteiger partial charge in [0.05, 0.1) is 25.0 Å². The Morgan fingerprint density at radius 1 is 0.903 bits per heavy atom. The van der Waals surface area contributed by atoms with Gasteiger partial charge in [0.25, 0.3) is 0 Å². The van der Waals surface area contributed by atoms with Crippen LogP contribution in [0.4, 0.5) is 0 Å². The Labute approximate surface area is 186 Å². The first-order chi connectivity index (χ1) is 14.8. The molecule has 1 aliphatic carbocycles. The average molecular weight is 478 g/mol. The minimum atomic E-state index is -3.76. The normalized spacial score (nSPS) is 19.1. The molecule has 10 heteroatoms. The molecule has 1 N–H and O–H groups in total. The molecule has 164 valence electrons. The maximum atomic E-state index is 13.2. The van der Waals surface area contributed by atoms with Crippen molar-refractivity contribution in [3.63, 3.8) is 0 Å². The van der Waals surface area contributed by atoms with Gasteiger partial charge in [0.2, 0.25) is 20.0 Å². The highest BCUT2D eigenvalue weighted by atomic mass is 32.2. The molecule has 2 heterocycles. The highest BCUT2D eigenvalue weighted by molar-refractivity contribution is 7.90. The van der Waals surface area contributed by atoms with Crippen LogP contribution in [0.2, 0.25) is 0 Å². The van der Waals surface area contributed by atoms with Gasteiger partial charge in [-0.15, -0.1) is 11.3 Å². The van der Waals surface area contributed by atoms with Crippen molar-refractivity contribution < 1.29 is 16.8 Å². The molecule has 1 saturated heterocycles. The molecule has 0 radical (unpaired) electrons. The largest absolute Gasteiger partial charge is 0.243 e. The van der Waals surface area contributed by atoms with Gasteiger partial charge in [-0.25, -0.2) is 26.5 Å². The Bertz CT molecular complexity index is 1290. The maximum absolute atomic E-state index is 13.2. The molecule has 1 aromatic heterocycles. The summed E-state index contributed by atoms with van der Waals surface area (Å²) in [4.78, 5) is 4.73. The Balaban J connectivity index is 1.32. The molecule has 1 aliphatic heterocycles. The molecule has 0 spiro atoms. The summed E-state index contributed by atoms with van der Waals surface area (Å²) in [5.41, 5.74) is 0.982. The molecule has 2 aromatic carbocycles. The highest BCUT2D eigenvalue weighted by Crippen LogP contribution is 2.35. The fraction of sp³-hybridized carbons (Fsp3) is 0.381. The number of para-hydroxylation sites is 1. The van der Waals surface area contributed by atoms with Gasteiger partial charge in [0.15, 0.2) is 0 Å². The third-order valence-corrected chi connectivity index (χ3v) is 10.4. The first kappa shape index (κ1) is 21.0. The van der Waals surface area contributed by atoms with E-state index in [2.05, 4.69) is 10.8 Å². The minimum absolute atomic E-state index is 0.00941. The summed E-state index contributed by atoms with van der Waals surface area (Å²) in [7, 11) is -7.47. The fourth-order valence-corrected chi connectivity index (χ4v) is 7.93. The first-order valence-electron chi connectivity index (χ1n) is 10.3. The Hall–Kier alpha value is -1.85. The quantitative estimate of drug-likeness (QED) is 0.588. The van der Waals surface area contributed by atoms with Crippen molar-refractivity contribution in [2.75, 3.05) is 13.1 Å². The number of nitrogens with zero attached hydrogens (tertiary/aromatic N) is 2. The van der Waals surface area contributed by atoms with Gasteiger partial charge in [-0.2, -0.15) is 4.31 Å². The van der Waals surface area contributed by atoms with Crippen molar-refractivity contribution >= 4 is 41.6 Å². The van der Waals surface area contributed by atoms with Crippen LogP contribution in [0.15, 0.2) is 58.3 Å². The molecule has 1 saturated carbocycles. The maximum Gasteiger partial charge on any atom is 0.243 e. The van der Waals surface area contributed by atoms with E-state index in [4.69, 9.17) is 4.98 Å². The lowest BCUT2D eigenvalue weighted by Crippen LogP contribution is -2.38. The van der Waals surface area contributed by atoms with Crippen LogP contribution in [0.25, 0.3) is 10.2 Å². The van der Waals surface area contributed by atoms with E-state index in [1.54, 1.807) is 11.3 Å². The molecule has 31 heavy (non-hydrogen) atoms. The van der Waals surface area contributed by atoms with Crippen molar-refractivity contribution in [3.8, 4) is 0 Å². The van der Waals surface area contributed by atoms with Gasteiger partial charge in [-0.3, -0.25) is 0 Å². The Morgan fingerprint density at radius 3 is 2.32 bits per heavy atom. The van der Waals surface area contributed by atoms with Crippen LogP contribution in [0, 0.1) is 0 Å². The van der Waals surface area contributed by atoms with Gasteiger partial charge in [-0.1, -0.05) is 18.2 Å². The number of aromatic nitrogens is 1. The lowest BCUT2D eigenvalue weighted by atomic mass is 9.99. The van der Waals surface area contributed by atoms with Gasteiger partial charge in [0.1, 0.15) is 0 Å². The second-order valence-electron chi connectivity index (χ2n) is 8.07. The Kier molecular flexibility index (Phi) is 5.38. The summed E-state index contributed by atoms with van der Waals surface area (Å²) in [6.07, 6.45) is 3.03. The summed E-state index contributed by atoms with van der Waals surface area (Å²) in [6.45, 7) is 0.778. The Morgan fingerprint density at radius 2 is 1.61 bits per heavy atom. The fourth-order valence-electron chi connectivity index (χ4n) is 3.85. The minimum Gasteiger partial charge on any atom is -0.241 e. The summed E-state index contributed by atoms with van der Waals surface area (Å²) >= 11 is 1.67. The van der Waals surface area contributed by atoms with E-state index in [0.29, 0.717) is 25.9 Å².